The van der Waals surface area contributed by atoms with Crippen molar-refractivity contribution >= 4 is 12.3 Å². The molecular weight excluding hydrogens is 144 g/mol. The molecule has 4 nitrogen and oxygen atoms in total. The van der Waals surface area contributed by atoms with Gasteiger partial charge in [0.2, 0.25) is 0 Å². The van der Waals surface area contributed by atoms with E-state index in [0.717, 1.165) is 0 Å². The molecule has 0 saturated carbocycles. The van der Waals surface area contributed by atoms with Crippen LogP contribution in [0.2, 0.25) is 0 Å². The largest absolute Gasteiger partial charge is 0.469 e. The molecule has 0 radical (unpaired) electrons. The number of carbonyl (C=O) groups is 1. The predicted molar refractivity (Wildman–Crippen MR) is 41.5 cm³/mol. The van der Waals surface area contributed by atoms with E-state index in [9.17, 15) is 4.79 Å². The van der Waals surface area contributed by atoms with Gasteiger partial charge in [-0.3, -0.25) is 9.79 Å². The van der Waals surface area contributed by atoms with Gasteiger partial charge in [-0.1, -0.05) is 0 Å². The van der Waals surface area contributed by atoms with Crippen molar-refractivity contribution in [2.45, 2.75) is 0 Å². The molecule has 0 aliphatic carbocycles. The fourth-order valence-electron chi connectivity index (χ4n) is 1.08. The zero-order valence-corrected chi connectivity index (χ0v) is 6.78. The summed E-state index contributed by atoms with van der Waals surface area (Å²) >= 11 is 0. The van der Waals surface area contributed by atoms with E-state index in [0.29, 0.717) is 13.1 Å². The smallest absolute Gasteiger partial charge is 0.312 e. The second-order valence-electron chi connectivity index (χ2n) is 2.64. The van der Waals surface area contributed by atoms with Crippen LogP contribution in [0.15, 0.2) is 4.99 Å². The third kappa shape index (κ3) is 1.93. The van der Waals surface area contributed by atoms with Crippen LogP contribution in [-0.4, -0.2) is 44.5 Å². The zero-order valence-electron chi connectivity index (χ0n) is 6.78. The van der Waals surface area contributed by atoms with Gasteiger partial charge in [-0.05, 0) is 0 Å². The zero-order chi connectivity index (χ0) is 8.27. The van der Waals surface area contributed by atoms with Gasteiger partial charge in [0.1, 0.15) is 0 Å². The van der Waals surface area contributed by atoms with Crippen LogP contribution in [0.3, 0.4) is 0 Å². The van der Waals surface area contributed by atoms with Gasteiger partial charge in [0.05, 0.1) is 25.9 Å². The molecule has 1 unspecified atom stereocenters. The predicted octanol–water partition coefficient (Wildman–Crippen LogP) is -0.251. The lowest BCUT2D eigenvalue weighted by molar-refractivity contribution is -0.145. The standard InChI is InChI=1S/C7H12N2O2/c1-9-4-6(3-8-5-9)7(10)11-2/h5-6H,3-4H2,1-2H3. The van der Waals surface area contributed by atoms with Crippen molar-refractivity contribution in [3.8, 4) is 0 Å². The van der Waals surface area contributed by atoms with Gasteiger partial charge in [-0.25, -0.2) is 0 Å². The highest BCUT2D eigenvalue weighted by molar-refractivity contribution is 5.74. The van der Waals surface area contributed by atoms with Gasteiger partial charge in [0.25, 0.3) is 0 Å². The van der Waals surface area contributed by atoms with Crippen LogP contribution in [0.4, 0.5) is 0 Å². The molecule has 0 N–H and O–H groups in total. The van der Waals surface area contributed by atoms with Gasteiger partial charge in [0.15, 0.2) is 0 Å². The highest BCUT2D eigenvalue weighted by Gasteiger charge is 2.21. The quantitative estimate of drug-likeness (QED) is 0.491. The number of nitrogens with zero attached hydrogens (tertiary/aromatic N) is 2. The molecule has 0 bridgehead atoms. The molecule has 1 rings (SSSR count). The minimum atomic E-state index is -0.172. The van der Waals surface area contributed by atoms with Crippen molar-refractivity contribution in [2.24, 2.45) is 10.9 Å². The summed E-state index contributed by atoms with van der Waals surface area (Å²) < 4.78 is 4.60. The van der Waals surface area contributed by atoms with Crippen LogP contribution in [0, 0.1) is 5.92 Å². The lowest BCUT2D eigenvalue weighted by Crippen LogP contribution is -2.35. The van der Waals surface area contributed by atoms with E-state index in [1.54, 1.807) is 6.34 Å². The maximum Gasteiger partial charge on any atom is 0.312 e. The third-order valence-electron chi connectivity index (χ3n) is 1.65. The molecule has 0 aromatic rings. The van der Waals surface area contributed by atoms with Crippen molar-refractivity contribution in [3.05, 3.63) is 0 Å². The molecule has 0 amide bonds. The minimum absolute atomic E-state index is 0.0880. The molecule has 1 atom stereocenters. The van der Waals surface area contributed by atoms with Crippen molar-refractivity contribution in [3.63, 3.8) is 0 Å². The molecule has 0 saturated heterocycles. The first-order valence-electron chi connectivity index (χ1n) is 3.52. The molecule has 1 aliphatic heterocycles. The summed E-state index contributed by atoms with van der Waals surface area (Å²) in [6.07, 6.45) is 1.74. The lowest BCUT2D eigenvalue weighted by Gasteiger charge is -2.23. The topological polar surface area (TPSA) is 41.9 Å². The molecule has 4 heteroatoms. The van der Waals surface area contributed by atoms with Crippen LogP contribution < -0.4 is 0 Å². The van der Waals surface area contributed by atoms with Crippen molar-refractivity contribution in [1.29, 1.82) is 0 Å². The third-order valence-corrected chi connectivity index (χ3v) is 1.65. The first kappa shape index (κ1) is 8.04. The number of aliphatic imine (C=N–C) groups is 1. The Morgan fingerprint density at radius 3 is 3.09 bits per heavy atom. The van der Waals surface area contributed by atoms with Crippen LogP contribution in [0.1, 0.15) is 0 Å². The SMILES string of the molecule is COC(=O)C1CN=CN(C)C1. The Kier molecular flexibility index (Phi) is 2.46. The van der Waals surface area contributed by atoms with E-state index in [4.69, 9.17) is 0 Å². The lowest BCUT2D eigenvalue weighted by atomic mass is 10.1. The van der Waals surface area contributed by atoms with E-state index >= 15 is 0 Å². The molecule has 1 aliphatic rings. The number of methoxy groups -OCH3 is 1. The van der Waals surface area contributed by atoms with Gasteiger partial charge in [-0.15, -0.1) is 0 Å². The summed E-state index contributed by atoms with van der Waals surface area (Å²) in [5.74, 6) is -0.260. The molecule has 0 aromatic carbocycles. The molecule has 62 valence electrons. The van der Waals surface area contributed by atoms with Crippen molar-refractivity contribution < 1.29 is 9.53 Å². The second kappa shape index (κ2) is 3.37. The Bertz CT molecular complexity index is 179. The molecule has 0 spiro atoms. The van der Waals surface area contributed by atoms with Crippen LogP contribution >= 0.6 is 0 Å². The summed E-state index contributed by atoms with van der Waals surface area (Å²) in [6.45, 7) is 1.26. The molecule has 11 heavy (non-hydrogen) atoms. The minimum Gasteiger partial charge on any atom is -0.469 e. The Labute approximate surface area is 65.9 Å². The Morgan fingerprint density at radius 1 is 1.82 bits per heavy atom. The van der Waals surface area contributed by atoms with E-state index in [1.807, 2.05) is 11.9 Å². The number of ether oxygens (including phenoxy) is 1. The average Bonchev–Trinajstić information content (AvgIpc) is 2.03. The Balaban J connectivity index is 2.49. The summed E-state index contributed by atoms with van der Waals surface area (Å²) in [7, 11) is 3.29. The summed E-state index contributed by atoms with van der Waals surface area (Å²) in [4.78, 5) is 16.9. The Morgan fingerprint density at radius 2 is 2.55 bits per heavy atom. The van der Waals surface area contributed by atoms with Crippen LogP contribution in [0.25, 0.3) is 0 Å². The number of carbonyl (C=O) groups excluding carboxylic acids is 1. The van der Waals surface area contributed by atoms with Gasteiger partial charge < -0.3 is 9.64 Å². The summed E-state index contributed by atoms with van der Waals surface area (Å²) in [5, 5.41) is 0. The number of hydrogen-bond acceptors (Lipinski definition) is 4. The van der Waals surface area contributed by atoms with E-state index < -0.39 is 0 Å². The maximum atomic E-state index is 11.0. The van der Waals surface area contributed by atoms with Crippen molar-refractivity contribution in [1.82, 2.24) is 4.90 Å². The van der Waals surface area contributed by atoms with Gasteiger partial charge in [-0.2, -0.15) is 0 Å². The second-order valence-corrected chi connectivity index (χ2v) is 2.64. The normalized spacial score (nSPS) is 23.5. The average molecular weight is 156 g/mol. The highest BCUT2D eigenvalue weighted by Crippen LogP contribution is 2.05. The number of hydrogen-bond donors (Lipinski definition) is 0. The fraction of sp³-hybridized carbons (Fsp3) is 0.714. The molecule has 0 fully saturated rings. The monoisotopic (exact) mass is 156 g/mol. The first-order valence-corrected chi connectivity index (χ1v) is 3.52. The van der Waals surface area contributed by atoms with Crippen LogP contribution in [0.5, 0.6) is 0 Å². The molecule has 0 aromatic heterocycles. The summed E-state index contributed by atoms with van der Waals surface area (Å²) in [5.41, 5.74) is 0. The Hall–Kier alpha value is -1.06. The maximum absolute atomic E-state index is 11.0. The van der Waals surface area contributed by atoms with Crippen LogP contribution in [-0.2, 0) is 9.53 Å². The summed E-state index contributed by atoms with van der Waals surface area (Å²) in [6, 6.07) is 0. The number of rotatable bonds is 1. The number of esters is 1. The van der Waals surface area contributed by atoms with E-state index in [-0.39, 0.29) is 11.9 Å². The van der Waals surface area contributed by atoms with Crippen molar-refractivity contribution in [2.75, 3.05) is 27.2 Å². The fourth-order valence-corrected chi connectivity index (χ4v) is 1.08. The van der Waals surface area contributed by atoms with Gasteiger partial charge in [0, 0.05) is 13.6 Å². The molecular formula is C7H12N2O2. The first-order chi connectivity index (χ1) is 5.24. The highest BCUT2D eigenvalue weighted by atomic mass is 16.5. The van der Waals surface area contributed by atoms with Gasteiger partial charge >= 0.3 is 5.97 Å². The molecule has 1 heterocycles. The van der Waals surface area contributed by atoms with E-state index in [2.05, 4.69) is 9.73 Å². The van der Waals surface area contributed by atoms with E-state index in [1.165, 1.54) is 7.11 Å².